The quantitative estimate of drug-likeness (QED) is 0.894. The molecule has 0 heterocycles. The average molecular weight is 322 g/mol. The molecule has 0 unspecified atom stereocenters. The Bertz CT molecular complexity index is 586. The summed E-state index contributed by atoms with van der Waals surface area (Å²) < 4.78 is 0. The van der Waals surface area contributed by atoms with Crippen molar-refractivity contribution < 1.29 is 14.7 Å². The van der Waals surface area contributed by atoms with E-state index in [9.17, 15) is 14.7 Å². The van der Waals surface area contributed by atoms with E-state index < -0.39 is 16.9 Å². The Kier molecular flexibility index (Phi) is 3.89. The smallest absolute Gasteiger partial charge is 0.329 e. The maximum atomic E-state index is 13.0. The topological polar surface area (TPSA) is 66.4 Å². The van der Waals surface area contributed by atoms with Crippen LogP contribution >= 0.6 is 11.6 Å². The number of hydrogen-bond donors (Lipinski definition) is 2. The normalized spacial score (nSPS) is 21.9. The standard InChI is InChI=1S/C17H20ClNO3/c18-13-6-4-12(5-7-13)16(8-2-1-3-9-16)14(20)19-17(10-11-17)15(21)22/h4-7H,1-3,8-11H2,(H,19,20)(H,21,22). The van der Waals surface area contributed by atoms with Crippen LogP contribution in [0.1, 0.15) is 50.5 Å². The number of rotatable bonds is 4. The van der Waals surface area contributed by atoms with Gasteiger partial charge < -0.3 is 10.4 Å². The molecule has 22 heavy (non-hydrogen) atoms. The second-order valence-corrected chi connectivity index (χ2v) is 6.93. The minimum absolute atomic E-state index is 0.144. The number of benzene rings is 1. The molecule has 2 fully saturated rings. The minimum atomic E-state index is -1.03. The summed E-state index contributed by atoms with van der Waals surface area (Å²) in [6, 6.07) is 7.39. The van der Waals surface area contributed by atoms with Gasteiger partial charge in [-0.1, -0.05) is 43.0 Å². The highest BCUT2D eigenvalue weighted by molar-refractivity contribution is 6.30. The van der Waals surface area contributed by atoms with Crippen molar-refractivity contribution in [3.63, 3.8) is 0 Å². The molecule has 118 valence electrons. The molecule has 2 aliphatic carbocycles. The lowest BCUT2D eigenvalue weighted by molar-refractivity contribution is -0.144. The molecule has 3 rings (SSSR count). The Balaban J connectivity index is 1.90. The van der Waals surface area contributed by atoms with E-state index in [2.05, 4.69) is 5.32 Å². The van der Waals surface area contributed by atoms with Gasteiger partial charge >= 0.3 is 5.97 Å². The summed E-state index contributed by atoms with van der Waals surface area (Å²) in [7, 11) is 0. The molecule has 2 aliphatic rings. The van der Waals surface area contributed by atoms with E-state index in [1.165, 1.54) is 0 Å². The van der Waals surface area contributed by atoms with Crippen LogP contribution in [-0.2, 0) is 15.0 Å². The van der Waals surface area contributed by atoms with Crippen LogP contribution < -0.4 is 5.32 Å². The minimum Gasteiger partial charge on any atom is -0.480 e. The number of halogens is 1. The van der Waals surface area contributed by atoms with Crippen molar-refractivity contribution in [1.29, 1.82) is 0 Å². The largest absolute Gasteiger partial charge is 0.480 e. The first kappa shape index (κ1) is 15.3. The van der Waals surface area contributed by atoms with Gasteiger partial charge in [-0.3, -0.25) is 4.79 Å². The van der Waals surface area contributed by atoms with Crippen LogP contribution in [0.2, 0.25) is 5.02 Å². The second-order valence-electron chi connectivity index (χ2n) is 6.49. The first-order valence-corrected chi connectivity index (χ1v) is 8.18. The molecule has 1 aromatic rings. The Labute approximate surface area is 134 Å². The van der Waals surface area contributed by atoms with Crippen LogP contribution in [0.3, 0.4) is 0 Å². The van der Waals surface area contributed by atoms with Crippen molar-refractivity contribution >= 4 is 23.5 Å². The average Bonchev–Trinajstić information content (AvgIpc) is 3.29. The predicted molar refractivity (Wildman–Crippen MR) is 84.0 cm³/mol. The third kappa shape index (κ3) is 2.60. The van der Waals surface area contributed by atoms with Crippen molar-refractivity contribution in [3.05, 3.63) is 34.9 Å². The SMILES string of the molecule is O=C(O)C1(NC(=O)C2(c3ccc(Cl)cc3)CCCCC2)CC1. The lowest BCUT2D eigenvalue weighted by Crippen LogP contribution is -2.52. The molecule has 0 radical (unpaired) electrons. The van der Waals surface area contributed by atoms with Gasteiger partial charge in [0.2, 0.25) is 5.91 Å². The number of carbonyl (C=O) groups is 2. The van der Waals surface area contributed by atoms with Gasteiger partial charge in [0, 0.05) is 5.02 Å². The highest BCUT2D eigenvalue weighted by Crippen LogP contribution is 2.43. The van der Waals surface area contributed by atoms with Gasteiger partial charge in [0.25, 0.3) is 0 Å². The molecule has 5 heteroatoms. The van der Waals surface area contributed by atoms with E-state index in [1.54, 1.807) is 12.1 Å². The van der Waals surface area contributed by atoms with Crippen LogP contribution in [0.5, 0.6) is 0 Å². The summed E-state index contributed by atoms with van der Waals surface area (Å²) in [6.07, 6.45) is 5.64. The molecular weight excluding hydrogens is 302 g/mol. The van der Waals surface area contributed by atoms with Crippen molar-refractivity contribution in [2.45, 2.75) is 55.9 Å². The molecule has 0 bridgehead atoms. The summed E-state index contributed by atoms with van der Waals surface area (Å²) in [4.78, 5) is 24.3. The van der Waals surface area contributed by atoms with Crippen molar-refractivity contribution in [2.24, 2.45) is 0 Å². The third-order valence-electron chi connectivity index (χ3n) is 5.05. The zero-order valence-electron chi connectivity index (χ0n) is 12.4. The van der Waals surface area contributed by atoms with Crippen molar-refractivity contribution in [3.8, 4) is 0 Å². The Morgan fingerprint density at radius 3 is 2.09 bits per heavy atom. The predicted octanol–water partition coefficient (Wildman–Crippen LogP) is 3.28. The Morgan fingerprint density at radius 1 is 1.00 bits per heavy atom. The number of amides is 1. The maximum absolute atomic E-state index is 13.0. The van der Waals surface area contributed by atoms with Gasteiger partial charge in [0.15, 0.2) is 0 Å². The molecule has 0 spiro atoms. The Morgan fingerprint density at radius 2 is 1.59 bits per heavy atom. The van der Waals surface area contributed by atoms with Crippen LogP contribution in [0.4, 0.5) is 0 Å². The van der Waals surface area contributed by atoms with E-state index in [0.29, 0.717) is 17.9 Å². The Hall–Kier alpha value is -1.55. The fourth-order valence-corrected chi connectivity index (χ4v) is 3.55. The zero-order chi connectivity index (χ0) is 15.8. The molecule has 2 N–H and O–H groups in total. The fourth-order valence-electron chi connectivity index (χ4n) is 3.43. The fraction of sp³-hybridized carbons (Fsp3) is 0.529. The zero-order valence-corrected chi connectivity index (χ0v) is 13.2. The van der Waals surface area contributed by atoms with Crippen molar-refractivity contribution in [1.82, 2.24) is 5.32 Å². The monoisotopic (exact) mass is 321 g/mol. The third-order valence-corrected chi connectivity index (χ3v) is 5.30. The number of aliphatic carboxylic acids is 1. The van der Waals surface area contributed by atoms with Gasteiger partial charge in [-0.15, -0.1) is 0 Å². The van der Waals surface area contributed by atoms with Crippen molar-refractivity contribution in [2.75, 3.05) is 0 Å². The number of carboxylic acid groups (broad SMARTS) is 1. The van der Waals surface area contributed by atoms with Gasteiger partial charge in [-0.2, -0.15) is 0 Å². The van der Waals surface area contributed by atoms with Gasteiger partial charge in [-0.05, 0) is 43.4 Å². The van der Waals surface area contributed by atoms with E-state index in [4.69, 9.17) is 11.6 Å². The number of carboxylic acids is 1. The molecule has 1 amide bonds. The van der Waals surface area contributed by atoms with Crippen LogP contribution in [0.15, 0.2) is 24.3 Å². The lowest BCUT2D eigenvalue weighted by atomic mass is 9.68. The molecular formula is C17H20ClNO3. The summed E-state index contributed by atoms with van der Waals surface area (Å²) in [6.45, 7) is 0. The summed E-state index contributed by atoms with van der Waals surface area (Å²) in [5.74, 6) is -1.07. The number of nitrogens with one attached hydrogen (secondary N) is 1. The van der Waals surface area contributed by atoms with Crippen LogP contribution in [0.25, 0.3) is 0 Å². The molecule has 0 aliphatic heterocycles. The molecule has 0 aromatic heterocycles. The van der Waals surface area contributed by atoms with Gasteiger partial charge in [0.1, 0.15) is 5.54 Å². The molecule has 0 atom stereocenters. The van der Waals surface area contributed by atoms with Gasteiger partial charge in [-0.25, -0.2) is 4.79 Å². The van der Waals surface area contributed by atoms with Crippen LogP contribution in [-0.4, -0.2) is 22.5 Å². The number of carbonyl (C=O) groups excluding carboxylic acids is 1. The van der Waals surface area contributed by atoms with E-state index in [0.717, 1.165) is 37.7 Å². The summed E-state index contributed by atoms with van der Waals surface area (Å²) >= 11 is 5.96. The molecule has 0 saturated heterocycles. The van der Waals surface area contributed by atoms with E-state index in [-0.39, 0.29) is 5.91 Å². The first-order chi connectivity index (χ1) is 10.5. The van der Waals surface area contributed by atoms with Gasteiger partial charge in [0.05, 0.1) is 5.41 Å². The molecule has 1 aromatic carbocycles. The lowest BCUT2D eigenvalue weighted by Gasteiger charge is -2.37. The summed E-state index contributed by atoms with van der Waals surface area (Å²) in [5.41, 5.74) is -0.711. The second kappa shape index (κ2) is 5.58. The summed E-state index contributed by atoms with van der Waals surface area (Å²) in [5, 5.41) is 12.8. The van der Waals surface area contributed by atoms with Crippen LogP contribution in [0, 0.1) is 0 Å². The highest BCUT2D eigenvalue weighted by Gasteiger charge is 2.54. The molecule has 2 saturated carbocycles. The van der Waals surface area contributed by atoms with E-state index >= 15 is 0 Å². The number of hydrogen-bond acceptors (Lipinski definition) is 2. The first-order valence-electron chi connectivity index (χ1n) is 7.81. The molecule has 4 nitrogen and oxygen atoms in total. The maximum Gasteiger partial charge on any atom is 0.329 e. The highest BCUT2D eigenvalue weighted by atomic mass is 35.5. The van der Waals surface area contributed by atoms with E-state index in [1.807, 2.05) is 12.1 Å².